The Bertz CT molecular complexity index is 582. The Hall–Kier alpha value is -1.89. The fourth-order valence-corrected chi connectivity index (χ4v) is 2.25. The summed E-state index contributed by atoms with van der Waals surface area (Å²) in [6.45, 7) is 3.66. The first kappa shape index (κ1) is 12.6. The number of rotatable bonds is 4. The van der Waals surface area contributed by atoms with E-state index in [1.165, 1.54) is 17.8 Å². The molecule has 0 saturated carbocycles. The van der Waals surface area contributed by atoms with Gasteiger partial charge in [-0.05, 0) is 31.2 Å². The molecule has 0 amide bonds. The monoisotopic (exact) mass is 264 g/mol. The Morgan fingerprint density at radius 3 is 2.83 bits per heavy atom. The van der Waals surface area contributed by atoms with Crippen molar-refractivity contribution in [1.82, 2.24) is 15.0 Å². The molecule has 7 heteroatoms. The number of hydrogen-bond donors (Lipinski definition) is 1. The molecule has 0 saturated heterocycles. The molecule has 6 nitrogen and oxygen atoms in total. The lowest BCUT2D eigenvalue weighted by Gasteiger charge is -2.00. The normalized spacial score (nSPS) is 10.6. The summed E-state index contributed by atoms with van der Waals surface area (Å²) in [6.07, 6.45) is 2.67. The number of imidazole rings is 1. The fourth-order valence-electron chi connectivity index (χ4n) is 1.45. The Morgan fingerprint density at radius 2 is 2.28 bits per heavy atom. The van der Waals surface area contributed by atoms with Gasteiger partial charge in [-0.25, -0.2) is 9.97 Å². The number of H-pyrrole nitrogens is 1. The maximum Gasteiger partial charge on any atom is 0.290 e. The Morgan fingerprint density at radius 1 is 1.50 bits per heavy atom. The molecule has 0 aliphatic rings. The second-order valence-electron chi connectivity index (χ2n) is 3.68. The summed E-state index contributed by atoms with van der Waals surface area (Å²) >= 11 is 1.36. The van der Waals surface area contributed by atoms with Crippen LogP contribution < -0.4 is 0 Å². The SMILES string of the molecule is CCc1cnc(Sc2ccc([N+](=O)[O-])c(C)n2)[nH]1. The number of nitro groups is 1. The maximum atomic E-state index is 10.7. The number of pyridine rings is 1. The highest BCUT2D eigenvalue weighted by atomic mass is 32.2. The third-order valence-corrected chi connectivity index (χ3v) is 3.25. The van der Waals surface area contributed by atoms with Gasteiger partial charge in [0.2, 0.25) is 0 Å². The van der Waals surface area contributed by atoms with Crippen LogP contribution in [0.4, 0.5) is 5.69 Å². The van der Waals surface area contributed by atoms with Crippen LogP contribution in [0.15, 0.2) is 28.5 Å². The van der Waals surface area contributed by atoms with Crippen LogP contribution in [0.25, 0.3) is 0 Å². The smallest absolute Gasteiger partial charge is 0.290 e. The maximum absolute atomic E-state index is 10.7. The molecule has 0 atom stereocenters. The van der Waals surface area contributed by atoms with E-state index < -0.39 is 4.92 Å². The number of aromatic amines is 1. The van der Waals surface area contributed by atoms with E-state index in [1.807, 2.05) is 6.92 Å². The molecule has 2 aromatic heterocycles. The predicted octanol–water partition coefficient (Wildman–Crippen LogP) is 2.73. The lowest BCUT2D eigenvalue weighted by Crippen LogP contribution is -1.95. The van der Waals surface area contributed by atoms with E-state index in [4.69, 9.17) is 0 Å². The highest BCUT2D eigenvalue weighted by Crippen LogP contribution is 2.26. The summed E-state index contributed by atoms with van der Waals surface area (Å²) in [7, 11) is 0. The molecular formula is C11H12N4O2S. The van der Waals surface area contributed by atoms with Gasteiger partial charge in [-0.15, -0.1) is 0 Å². The highest BCUT2D eigenvalue weighted by molar-refractivity contribution is 7.99. The van der Waals surface area contributed by atoms with Crippen LogP contribution >= 0.6 is 11.8 Å². The summed E-state index contributed by atoms with van der Waals surface area (Å²) in [5, 5.41) is 12.1. The van der Waals surface area contributed by atoms with Crippen LogP contribution in [-0.4, -0.2) is 19.9 Å². The summed E-state index contributed by atoms with van der Waals surface area (Å²) in [5.74, 6) is 0. The minimum Gasteiger partial charge on any atom is -0.337 e. The Kier molecular flexibility index (Phi) is 3.61. The van der Waals surface area contributed by atoms with Gasteiger partial charge in [0.1, 0.15) is 10.7 Å². The average Bonchev–Trinajstić information content (AvgIpc) is 2.76. The van der Waals surface area contributed by atoms with Crippen molar-refractivity contribution >= 4 is 17.4 Å². The topological polar surface area (TPSA) is 84.7 Å². The molecule has 0 aromatic carbocycles. The molecule has 2 heterocycles. The molecular weight excluding hydrogens is 252 g/mol. The van der Waals surface area contributed by atoms with Gasteiger partial charge in [-0.3, -0.25) is 10.1 Å². The molecule has 0 aliphatic heterocycles. The standard InChI is InChI=1S/C11H12N4O2S/c1-3-8-6-12-11(14-8)18-10-5-4-9(15(16)17)7(2)13-10/h4-6H,3H2,1-2H3,(H,12,14). The third-order valence-electron chi connectivity index (χ3n) is 2.42. The van der Waals surface area contributed by atoms with E-state index >= 15 is 0 Å². The molecule has 94 valence electrons. The lowest BCUT2D eigenvalue weighted by atomic mass is 10.3. The van der Waals surface area contributed by atoms with Gasteiger partial charge < -0.3 is 4.98 Å². The van der Waals surface area contributed by atoms with Crippen LogP contribution in [0.2, 0.25) is 0 Å². The molecule has 18 heavy (non-hydrogen) atoms. The van der Waals surface area contributed by atoms with Gasteiger partial charge in [0.15, 0.2) is 5.16 Å². The first-order chi connectivity index (χ1) is 8.60. The van der Waals surface area contributed by atoms with Crippen LogP contribution in [-0.2, 0) is 6.42 Å². The number of nitrogens with zero attached hydrogens (tertiary/aromatic N) is 3. The Balaban J connectivity index is 2.19. The van der Waals surface area contributed by atoms with Crippen molar-refractivity contribution in [2.75, 3.05) is 0 Å². The van der Waals surface area contributed by atoms with Gasteiger partial charge in [-0.1, -0.05) is 6.92 Å². The fraction of sp³-hybridized carbons (Fsp3) is 0.273. The van der Waals surface area contributed by atoms with E-state index in [0.29, 0.717) is 10.7 Å². The molecule has 0 aliphatic carbocycles. The largest absolute Gasteiger partial charge is 0.337 e. The van der Waals surface area contributed by atoms with E-state index in [9.17, 15) is 10.1 Å². The number of aromatic nitrogens is 3. The van der Waals surface area contributed by atoms with E-state index in [2.05, 4.69) is 15.0 Å². The highest BCUT2D eigenvalue weighted by Gasteiger charge is 2.12. The zero-order chi connectivity index (χ0) is 13.1. The number of nitrogens with one attached hydrogen (secondary N) is 1. The molecule has 0 radical (unpaired) electrons. The van der Waals surface area contributed by atoms with Crippen molar-refractivity contribution in [2.45, 2.75) is 30.5 Å². The molecule has 2 aromatic rings. The zero-order valence-corrected chi connectivity index (χ0v) is 10.8. The first-order valence-electron chi connectivity index (χ1n) is 5.44. The van der Waals surface area contributed by atoms with Crippen LogP contribution in [0.5, 0.6) is 0 Å². The molecule has 0 bridgehead atoms. The lowest BCUT2D eigenvalue weighted by molar-refractivity contribution is -0.385. The van der Waals surface area contributed by atoms with Crippen molar-refractivity contribution in [3.05, 3.63) is 39.8 Å². The van der Waals surface area contributed by atoms with Crippen molar-refractivity contribution < 1.29 is 4.92 Å². The third kappa shape index (κ3) is 2.67. The predicted molar refractivity (Wildman–Crippen MR) is 67.7 cm³/mol. The quantitative estimate of drug-likeness (QED) is 0.678. The van der Waals surface area contributed by atoms with Gasteiger partial charge in [-0.2, -0.15) is 0 Å². The van der Waals surface area contributed by atoms with Gasteiger partial charge >= 0.3 is 0 Å². The average molecular weight is 264 g/mol. The second kappa shape index (κ2) is 5.18. The van der Waals surface area contributed by atoms with Crippen LogP contribution in [0, 0.1) is 17.0 Å². The first-order valence-corrected chi connectivity index (χ1v) is 6.25. The molecule has 0 unspecified atom stereocenters. The van der Waals surface area contributed by atoms with Gasteiger partial charge in [0.25, 0.3) is 5.69 Å². The van der Waals surface area contributed by atoms with Crippen LogP contribution in [0.3, 0.4) is 0 Å². The molecule has 0 spiro atoms. The summed E-state index contributed by atoms with van der Waals surface area (Å²) in [4.78, 5) is 21.8. The number of aryl methyl sites for hydroxylation is 2. The van der Waals surface area contributed by atoms with Gasteiger partial charge in [0.05, 0.1) is 4.92 Å². The summed E-state index contributed by atoms with van der Waals surface area (Å²) in [6, 6.07) is 3.10. The van der Waals surface area contributed by atoms with Crippen molar-refractivity contribution in [3.63, 3.8) is 0 Å². The Labute approximate surface area is 108 Å². The molecule has 2 rings (SSSR count). The van der Waals surface area contributed by atoms with Crippen molar-refractivity contribution in [1.29, 1.82) is 0 Å². The van der Waals surface area contributed by atoms with Gasteiger partial charge in [0, 0.05) is 18.0 Å². The van der Waals surface area contributed by atoms with Crippen molar-refractivity contribution in [3.8, 4) is 0 Å². The minimum atomic E-state index is -0.432. The summed E-state index contributed by atoms with van der Waals surface area (Å²) < 4.78 is 0. The van der Waals surface area contributed by atoms with E-state index in [1.54, 1.807) is 19.2 Å². The second-order valence-corrected chi connectivity index (χ2v) is 4.69. The minimum absolute atomic E-state index is 0.0352. The summed E-state index contributed by atoms with van der Waals surface area (Å²) in [5.41, 5.74) is 1.50. The zero-order valence-electron chi connectivity index (χ0n) is 10.0. The molecule has 1 N–H and O–H groups in total. The van der Waals surface area contributed by atoms with E-state index in [0.717, 1.165) is 17.3 Å². The number of hydrogen-bond acceptors (Lipinski definition) is 5. The van der Waals surface area contributed by atoms with E-state index in [-0.39, 0.29) is 5.69 Å². The molecule has 0 fully saturated rings. The van der Waals surface area contributed by atoms with Crippen LogP contribution in [0.1, 0.15) is 18.3 Å². The van der Waals surface area contributed by atoms with Crippen molar-refractivity contribution in [2.24, 2.45) is 0 Å².